The number of amides is 2. The van der Waals surface area contributed by atoms with Crippen molar-refractivity contribution < 1.29 is 9.59 Å². The summed E-state index contributed by atoms with van der Waals surface area (Å²) in [6.07, 6.45) is 0. The summed E-state index contributed by atoms with van der Waals surface area (Å²) in [5.74, 6) is -0.635. The maximum Gasteiger partial charge on any atom is 0.267 e. The summed E-state index contributed by atoms with van der Waals surface area (Å²) < 4.78 is 0.938. The highest BCUT2D eigenvalue weighted by atomic mass is 35.5. The molecule has 0 bridgehead atoms. The van der Waals surface area contributed by atoms with Gasteiger partial charge in [-0.15, -0.1) is 11.3 Å². The zero-order valence-electron chi connectivity index (χ0n) is 16.5. The number of carbonyl (C=O) groups excluding carboxylic acids is 2. The van der Waals surface area contributed by atoms with Crippen molar-refractivity contribution in [3.8, 4) is 0 Å². The monoisotopic (exact) mass is 434 g/mol. The lowest BCUT2D eigenvalue weighted by molar-refractivity contribution is 0.102. The molecule has 1 aromatic heterocycles. The van der Waals surface area contributed by atoms with E-state index in [4.69, 9.17) is 11.6 Å². The molecule has 0 fully saturated rings. The highest BCUT2D eigenvalue weighted by Gasteiger charge is 2.19. The predicted molar refractivity (Wildman–Crippen MR) is 125 cm³/mol. The predicted octanol–water partition coefficient (Wildman–Crippen LogP) is 6.68. The van der Waals surface area contributed by atoms with Crippen LogP contribution in [0.1, 0.15) is 31.2 Å². The average Bonchev–Trinajstić information content (AvgIpc) is 3.08. The molecule has 1 heterocycles. The minimum atomic E-state index is -0.340. The Bertz CT molecular complexity index is 1280. The van der Waals surface area contributed by atoms with Gasteiger partial charge < -0.3 is 10.6 Å². The Morgan fingerprint density at radius 3 is 2.33 bits per heavy atom. The van der Waals surface area contributed by atoms with Crippen molar-refractivity contribution in [2.24, 2.45) is 0 Å². The van der Waals surface area contributed by atoms with Gasteiger partial charge in [0, 0.05) is 15.8 Å². The SMILES string of the molecule is Cc1ccc(NC(=O)c2ccccc2NC(=O)c2sc3ccccc3c2Cl)cc1C. The molecule has 2 N–H and O–H groups in total. The van der Waals surface area contributed by atoms with E-state index in [1.165, 1.54) is 11.3 Å². The molecule has 0 saturated carbocycles. The molecule has 6 heteroatoms. The second-order valence-electron chi connectivity index (χ2n) is 6.99. The molecule has 4 nitrogen and oxygen atoms in total. The number of benzene rings is 3. The fraction of sp³-hybridized carbons (Fsp3) is 0.0833. The quantitative estimate of drug-likeness (QED) is 0.376. The van der Waals surface area contributed by atoms with Crippen LogP contribution in [0.3, 0.4) is 0 Å². The van der Waals surface area contributed by atoms with Crippen molar-refractivity contribution in [3.05, 3.63) is 93.3 Å². The smallest absolute Gasteiger partial charge is 0.267 e. The number of halogens is 1. The van der Waals surface area contributed by atoms with Crippen LogP contribution in [-0.2, 0) is 0 Å². The molecule has 30 heavy (non-hydrogen) atoms. The van der Waals surface area contributed by atoms with E-state index in [1.54, 1.807) is 24.3 Å². The normalized spacial score (nSPS) is 10.8. The zero-order valence-corrected chi connectivity index (χ0v) is 18.0. The Morgan fingerprint density at radius 2 is 1.57 bits per heavy atom. The molecule has 0 saturated heterocycles. The van der Waals surface area contributed by atoms with Crippen LogP contribution >= 0.6 is 22.9 Å². The third-order valence-electron chi connectivity index (χ3n) is 4.93. The van der Waals surface area contributed by atoms with E-state index in [0.29, 0.717) is 26.8 Å². The lowest BCUT2D eigenvalue weighted by atomic mass is 10.1. The number of rotatable bonds is 4. The van der Waals surface area contributed by atoms with Gasteiger partial charge in [-0.05, 0) is 55.3 Å². The molecule has 0 aliphatic rings. The molecule has 0 aliphatic heterocycles. The van der Waals surface area contributed by atoms with Crippen LogP contribution in [0.5, 0.6) is 0 Å². The Labute approximate surface area is 183 Å². The Balaban J connectivity index is 1.59. The Hall–Kier alpha value is -3.15. The highest BCUT2D eigenvalue weighted by Crippen LogP contribution is 2.35. The van der Waals surface area contributed by atoms with Gasteiger partial charge in [0.2, 0.25) is 0 Å². The minimum Gasteiger partial charge on any atom is -0.322 e. The summed E-state index contributed by atoms with van der Waals surface area (Å²) in [4.78, 5) is 26.2. The second-order valence-corrected chi connectivity index (χ2v) is 8.42. The average molecular weight is 435 g/mol. The summed E-state index contributed by atoms with van der Waals surface area (Å²) in [6, 6.07) is 20.3. The number of nitrogens with one attached hydrogen (secondary N) is 2. The van der Waals surface area contributed by atoms with Crippen molar-refractivity contribution in [2.45, 2.75) is 13.8 Å². The Kier molecular flexibility index (Phi) is 5.57. The third kappa shape index (κ3) is 3.95. The third-order valence-corrected chi connectivity index (χ3v) is 6.60. The van der Waals surface area contributed by atoms with Crippen molar-refractivity contribution >= 4 is 56.2 Å². The van der Waals surface area contributed by atoms with Crippen molar-refractivity contribution in [3.63, 3.8) is 0 Å². The summed E-state index contributed by atoms with van der Waals surface area (Å²) >= 11 is 7.75. The van der Waals surface area contributed by atoms with E-state index < -0.39 is 0 Å². The molecule has 2 amide bonds. The fourth-order valence-electron chi connectivity index (χ4n) is 3.15. The van der Waals surface area contributed by atoms with Gasteiger partial charge in [0.1, 0.15) is 4.88 Å². The van der Waals surface area contributed by atoms with Crippen LogP contribution < -0.4 is 10.6 Å². The van der Waals surface area contributed by atoms with Gasteiger partial charge in [-0.25, -0.2) is 0 Å². The van der Waals surface area contributed by atoms with Gasteiger partial charge >= 0.3 is 0 Å². The van der Waals surface area contributed by atoms with Crippen LogP contribution in [0.4, 0.5) is 11.4 Å². The molecule has 0 radical (unpaired) electrons. The van der Waals surface area contributed by atoms with Crippen LogP contribution in [0.15, 0.2) is 66.7 Å². The molecule has 0 spiro atoms. The number of hydrogen-bond donors (Lipinski definition) is 2. The first-order chi connectivity index (χ1) is 14.4. The van der Waals surface area contributed by atoms with Crippen molar-refractivity contribution in [1.82, 2.24) is 0 Å². The molecule has 3 aromatic carbocycles. The number of carbonyl (C=O) groups is 2. The van der Waals surface area contributed by atoms with Crippen molar-refractivity contribution in [2.75, 3.05) is 10.6 Å². The fourth-order valence-corrected chi connectivity index (χ4v) is 4.56. The first-order valence-electron chi connectivity index (χ1n) is 9.40. The van der Waals surface area contributed by atoms with E-state index >= 15 is 0 Å². The second kappa shape index (κ2) is 8.30. The van der Waals surface area contributed by atoms with Crippen LogP contribution in [0, 0.1) is 13.8 Å². The maximum atomic E-state index is 12.9. The topological polar surface area (TPSA) is 58.2 Å². The van der Waals surface area contributed by atoms with Gasteiger partial charge in [-0.1, -0.05) is 48.0 Å². The molecule has 150 valence electrons. The molecular weight excluding hydrogens is 416 g/mol. The summed E-state index contributed by atoms with van der Waals surface area (Å²) in [6.45, 7) is 4.01. The Morgan fingerprint density at radius 1 is 0.833 bits per heavy atom. The first-order valence-corrected chi connectivity index (χ1v) is 10.6. The molecule has 4 aromatic rings. The van der Waals surface area contributed by atoms with E-state index in [-0.39, 0.29) is 11.8 Å². The number of fused-ring (bicyclic) bond motifs is 1. The zero-order chi connectivity index (χ0) is 21.3. The summed E-state index contributed by atoms with van der Waals surface area (Å²) in [5.41, 5.74) is 3.75. The number of para-hydroxylation sites is 1. The number of thiophene rings is 1. The van der Waals surface area contributed by atoms with Crippen LogP contribution in [-0.4, -0.2) is 11.8 Å². The molecule has 4 rings (SSSR count). The molecule has 0 atom stereocenters. The van der Waals surface area contributed by atoms with Gasteiger partial charge in [0.05, 0.1) is 16.3 Å². The summed E-state index contributed by atoms with van der Waals surface area (Å²) in [7, 11) is 0. The number of aryl methyl sites for hydroxylation is 2. The van der Waals surface area contributed by atoms with Gasteiger partial charge in [-0.3, -0.25) is 9.59 Å². The van der Waals surface area contributed by atoms with E-state index in [1.807, 2.05) is 56.3 Å². The first kappa shape index (κ1) is 20.1. The maximum absolute atomic E-state index is 12.9. The van der Waals surface area contributed by atoms with Gasteiger partial charge in [-0.2, -0.15) is 0 Å². The van der Waals surface area contributed by atoms with Crippen LogP contribution in [0.2, 0.25) is 5.02 Å². The van der Waals surface area contributed by atoms with Gasteiger partial charge in [0.15, 0.2) is 0 Å². The van der Waals surface area contributed by atoms with Gasteiger partial charge in [0.25, 0.3) is 11.8 Å². The van der Waals surface area contributed by atoms with E-state index in [0.717, 1.165) is 21.2 Å². The summed E-state index contributed by atoms with van der Waals surface area (Å²) in [5, 5.41) is 7.00. The van der Waals surface area contributed by atoms with Crippen LogP contribution in [0.25, 0.3) is 10.1 Å². The lowest BCUT2D eigenvalue weighted by Gasteiger charge is -2.12. The lowest BCUT2D eigenvalue weighted by Crippen LogP contribution is -2.18. The molecule has 0 aliphatic carbocycles. The molecular formula is C24H19ClN2O2S. The standard InChI is InChI=1S/C24H19ClN2O2S/c1-14-11-12-16(13-15(14)2)26-23(28)17-7-3-5-9-19(17)27-24(29)22-21(25)18-8-4-6-10-20(18)30-22/h3-13H,1-2H3,(H,26,28)(H,27,29). The van der Waals surface area contributed by atoms with E-state index in [9.17, 15) is 9.59 Å². The van der Waals surface area contributed by atoms with Crippen molar-refractivity contribution in [1.29, 1.82) is 0 Å². The van der Waals surface area contributed by atoms with E-state index in [2.05, 4.69) is 10.6 Å². The largest absolute Gasteiger partial charge is 0.322 e. The number of anilines is 2. The highest BCUT2D eigenvalue weighted by molar-refractivity contribution is 7.21. The minimum absolute atomic E-state index is 0.295. The molecule has 0 unspecified atom stereocenters. The number of hydrogen-bond acceptors (Lipinski definition) is 3.